The van der Waals surface area contributed by atoms with Crippen LogP contribution in [0.4, 0.5) is 5.69 Å². The van der Waals surface area contributed by atoms with E-state index in [0.29, 0.717) is 22.7 Å². The fraction of sp³-hybridized carbons (Fsp3) is 0.333. The van der Waals surface area contributed by atoms with E-state index in [1.807, 2.05) is 0 Å². The molecule has 2 aromatic carbocycles. The van der Waals surface area contributed by atoms with Gasteiger partial charge in [-0.2, -0.15) is 4.31 Å². The Kier molecular flexibility index (Phi) is 4.92. The molecule has 0 aliphatic heterocycles. The molecule has 1 N–H and O–H groups in total. The van der Waals surface area contributed by atoms with Crippen molar-refractivity contribution in [3.63, 3.8) is 0 Å². The highest BCUT2D eigenvalue weighted by Crippen LogP contribution is 2.40. The van der Waals surface area contributed by atoms with Gasteiger partial charge in [-0.15, -0.1) is 0 Å². The average molecular weight is 413 g/mol. The van der Waals surface area contributed by atoms with Crippen LogP contribution in [0.3, 0.4) is 0 Å². The van der Waals surface area contributed by atoms with Gasteiger partial charge < -0.3 is 9.73 Å². The maximum absolute atomic E-state index is 12.7. The summed E-state index contributed by atoms with van der Waals surface area (Å²) in [5.41, 5.74) is 2.22. The van der Waals surface area contributed by atoms with Gasteiger partial charge >= 0.3 is 0 Å². The van der Waals surface area contributed by atoms with E-state index in [0.717, 1.165) is 18.7 Å². The smallest absolute Gasteiger partial charge is 0.255 e. The summed E-state index contributed by atoms with van der Waals surface area (Å²) in [6.07, 6.45) is 2.20. The number of hydrogen-bond acceptors (Lipinski definition) is 5. The molecule has 0 unspecified atom stereocenters. The molecule has 1 aromatic heterocycles. The molecule has 3 aromatic rings. The van der Waals surface area contributed by atoms with Gasteiger partial charge in [-0.05, 0) is 63.1 Å². The highest BCUT2D eigenvalue weighted by atomic mass is 32.2. The van der Waals surface area contributed by atoms with Crippen LogP contribution >= 0.6 is 0 Å². The van der Waals surface area contributed by atoms with E-state index in [1.165, 1.54) is 23.5 Å². The Bertz CT molecular complexity index is 1180. The number of aromatic nitrogens is 1. The first kappa shape index (κ1) is 19.6. The molecule has 1 aliphatic rings. The lowest BCUT2D eigenvalue weighted by atomic mass is 10.2. The summed E-state index contributed by atoms with van der Waals surface area (Å²) < 4.78 is 32.4. The Balaban J connectivity index is 1.56. The van der Waals surface area contributed by atoms with Gasteiger partial charge in [-0.3, -0.25) is 4.79 Å². The van der Waals surface area contributed by atoms with Gasteiger partial charge in [0.05, 0.1) is 4.90 Å². The number of oxazole rings is 1. The zero-order chi connectivity index (χ0) is 20.8. The van der Waals surface area contributed by atoms with Crippen LogP contribution in [0.2, 0.25) is 0 Å². The maximum Gasteiger partial charge on any atom is 0.255 e. The Morgan fingerprint density at radius 1 is 1.21 bits per heavy atom. The van der Waals surface area contributed by atoms with Gasteiger partial charge in [0.1, 0.15) is 5.52 Å². The first-order chi connectivity index (χ1) is 13.8. The molecule has 0 radical (unpaired) electrons. The van der Waals surface area contributed by atoms with Crippen molar-refractivity contribution in [2.24, 2.45) is 0 Å². The minimum absolute atomic E-state index is 0.0855. The maximum atomic E-state index is 12.7. The molecule has 29 heavy (non-hydrogen) atoms. The predicted octanol–water partition coefficient (Wildman–Crippen LogP) is 3.99. The molecule has 1 heterocycles. The van der Waals surface area contributed by atoms with E-state index < -0.39 is 10.0 Å². The molecule has 1 fully saturated rings. The number of nitrogens with one attached hydrogen (secondary N) is 1. The SMILES string of the molecule is CC(C)N(C)S(=O)(=O)c1cccc(C(=O)Nc2ccc3oc(C4CC4)nc3c2)c1. The van der Waals surface area contributed by atoms with Crippen molar-refractivity contribution < 1.29 is 17.6 Å². The van der Waals surface area contributed by atoms with Crippen LogP contribution in [0.1, 0.15) is 48.9 Å². The molecule has 1 amide bonds. The monoisotopic (exact) mass is 413 g/mol. The molecule has 7 nitrogen and oxygen atoms in total. The van der Waals surface area contributed by atoms with Crippen molar-refractivity contribution in [3.8, 4) is 0 Å². The van der Waals surface area contributed by atoms with Gasteiger partial charge in [0, 0.05) is 30.3 Å². The number of rotatable bonds is 6. The third kappa shape index (κ3) is 3.90. The summed E-state index contributed by atoms with van der Waals surface area (Å²) in [4.78, 5) is 17.3. The third-order valence-corrected chi connectivity index (χ3v) is 7.12. The van der Waals surface area contributed by atoms with Crippen molar-refractivity contribution in [2.75, 3.05) is 12.4 Å². The first-order valence-corrected chi connectivity index (χ1v) is 11.0. The molecule has 152 valence electrons. The summed E-state index contributed by atoms with van der Waals surface area (Å²) >= 11 is 0. The summed E-state index contributed by atoms with van der Waals surface area (Å²) in [5, 5.41) is 2.81. The minimum Gasteiger partial charge on any atom is -0.440 e. The first-order valence-electron chi connectivity index (χ1n) is 9.55. The van der Waals surface area contributed by atoms with Crippen molar-refractivity contribution in [3.05, 3.63) is 53.9 Å². The van der Waals surface area contributed by atoms with Crippen LogP contribution in [0, 0.1) is 0 Å². The Morgan fingerprint density at radius 3 is 2.66 bits per heavy atom. The molecule has 1 saturated carbocycles. The van der Waals surface area contributed by atoms with E-state index in [2.05, 4.69) is 10.3 Å². The average Bonchev–Trinajstić information content (AvgIpc) is 3.46. The molecule has 4 rings (SSSR count). The fourth-order valence-electron chi connectivity index (χ4n) is 2.97. The quantitative estimate of drug-likeness (QED) is 0.660. The number of carbonyl (C=O) groups is 1. The fourth-order valence-corrected chi connectivity index (χ4v) is 4.39. The lowest BCUT2D eigenvalue weighted by molar-refractivity contribution is 0.102. The summed E-state index contributed by atoms with van der Waals surface area (Å²) in [6, 6.07) is 11.1. The number of amides is 1. The Morgan fingerprint density at radius 2 is 1.97 bits per heavy atom. The van der Waals surface area contributed by atoms with Crippen LogP contribution in [-0.2, 0) is 10.0 Å². The predicted molar refractivity (Wildman–Crippen MR) is 110 cm³/mol. The highest BCUT2D eigenvalue weighted by molar-refractivity contribution is 7.89. The third-order valence-electron chi connectivity index (χ3n) is 5.09. The van der Waals surface area contributed by atoms with Crippen molar-refractivity contribution in [1.29, 1.82) is 0 Å². The molecule has 0 atom stereocenters. The van der Waals surface area contributed by atoms with Gasteiger partial charge in [0.15, 0.2) is 11.5 Å². The van der Waals surface area contributed by atoms with Crippen molar-refractivity contribution in [1.82, 2.24) is 9.29 Å². The van der Waals surface area contributed by atoms with Crippen LogP contribution in [-0.4, -0.2) is 36.7 Å². The van der Waals surface area contributed by atoms with E-state index in [1.54, 1.807) is 44.2 Å². The number of benzene rings is 2. The summed E-state index contributed by atoms with van der Waals surface area (Å²) in [7, 11) is -2.14. The molecule has 8 heteroatoms. The number of anilines is 1. The van der Waals surface area contributed by atoms with Crippen LogP contribution in [0.25, 0.3) is 11.1 Å². The minimum atomic E-state index is -3.66. The van der Waals surface area contributed by atoms with Gasteiger partial charge in [0.2, 0.25) is 10.0 Å². The molecule has 1 aliphatic carbocycles. The van der Waals surface area contributed by atoms with Crippen molar-refractivity contribution >= 4 is 32.7 Å². The van der Waals surface area contributed by atoms with Crippen LogP contribution < -0.4 is 5.32 Å². The second-order valence-corrected chi connectivity index (χ2v) is 9.60. The van der Waals surface area contributed by atoms with E-state index in [-0.39, 0.29) is 22.4 Å². The van der Waals surface area contributed by atoms with Crippen molar-refractivity contribution in [2.45, 2.75) is 43.5 Å². The number of carbonyl (C=O) groups excluding carboxylic acids is 1. The molecule has 0 bridgehead atoms. The summed E-state index contributed by atoms with van der Waals surface area (Å²) in [5.74, 6) is 0.768. The number of nitrogens with zero attached hydrogens (tertiary/aromatic N) is 2. The number of fused-ring (bicyclic) bond motifs is 1. The van der Waals surface area contributed by atoms with Gasteiger partial charge in [0.25, 0.3) is 5.91 Å². The van der Waals surface area contributed by atoms with E-state index >= 15 is 0 Å². The van der Waals surface area contributed by atoms with Gasteiger partial charge in [-0.25, -0.2) is 13.4 Å². The Labute approximate surface area is 169 Å². The highest BCUT2D eigenvalue weighted by Gasteiger charge is 2.29. The lowest BCUT2D eigenvalue weighted by Gasteiger charge is -2.21. The summed E-state index contributed by atoms with van der Waals surface area (Å²) in [6.45, 7) is 3.59. The molecule has 0 spiro atoms. The molecule has 0 saturated heterocycles. The zero-order valence-electron chi connectivity index (χ0n) is 16.5. The number of sulfonamides is 1. The van der Waals surface area contributed by atoms with E-state index in [4.69, 9.17) is 4.42 Å². The second-order valence-electron chi connectivity index (χ2n) is 7.61. The van der Waals surface area contributed by atoms with Crippen LogP contribution in [0.5, 0.6) is 0 Å². The zero-order valence-corrected chi connectivity index (χ0v) is 17.4. The second kappa shape index (κ2) is 7.27. The molecular weight excluding hydrogens is 390 g/mol. The Hall–Kier alpha value is -2.71. The molecular formula is C21H23N3O4S. The van der Waals surface area contributed by atoms with E-state index in [9.17, 15) is 13.2 Å². The standard InChI is InChI=1S/C21H23N3O4S/c1-13(2)24(3)29(26,27)17-6-4-5-15(11-17)20(25)22-16-9-10-19-18(12-16)23-21(28-19)14-7-8-14/h4-6,9-14H,7-8H2,1-3H3,(H,22,25). The normalized spacial score (nSPS) is 14.7. The topological polar surface area (TPSA) is 92.5 Å². The van der Waals surface area contributed by atoms with Crippen LogP contribution in [0.15, 0.2) is 51.8 Å². The largest absolute Gasteiger partial charge is 0.440 e. The lowest BCUT2D eigenvalue weighted by Crippen LogP contribution is -2.33. The van der Waals surface area contributed by atoms with Gasteiger partial charge in [-0.1, -0.05) is 6.07 Å². The number of hydrogen-bond donors (Lipinski definition) is 1.